The minimum atomic E-state index is -2.43. The van der Waals surface area contributed by atoms with Gasteiger partial charge in [-0.15, -0.1) is 0 Å². The molecule has 0 amide bonds. The summed E-state index contributed by atoms with van der Waals surface area (Å²) in [7, 11) is 0. The highest BCUT2D eigenvalue weighted by atomic mass is 19.3. The van der Waals surface area contributed by atoms with Crippen molar-refractivity contribution < 1.29 is 18.0 Å². The van der Waals surface area contributed by atoms with E-state index in [1.165, 1.54) is 0 Å². The number of halogens is 2. The van der Waals surface area contributed by atoms with Crippen molar-refractivity contribution in [3.05, 3.63) is 11.7 Å². The van der Waals surface area contributed by atoms with E-state index in [4.69, 9.17) is 9.26 Å². The fourth-order valence-corrected chi connectivity index (χ4v) is 1.94. The lowest BCUT2D eigenvalue weighted by Gasteiger charge is -2.18. The van der Waals surface area contributed by atoms with Crippen molar-refractivity contribution >= 4 is 0 Å². The van der Waals surface area contributed by atoms with Crippen LogP contribution in [0.5, 0.6) is 0 Å². The summed E-state index contributed by atoms with van der Waals surface area (Å²) in [6, 6.07) is 0. The molecule has 2 heterocycles. The second-order valence-electron chi connectivity index (χ2n) is 4.29. The van der Waals surface area contributed by atoms with Gasteiger partial charge in [0.2, 0.25) is 5.89 Å². The number of alkyl halides is 2. The van der Waals surface area contributed by atoms with E-state index >= 15 is 0 Å². The van der Waals surface area contributed by atoms with Crippen molar-refractivity contribution in [2.45, 2.75) is 31.6 Å². The van der Waals surface area contributed by atoms with Crippen LogP contribution in [-0.2, 0) is 11.2 Å². The number of hydrogen-bond donors (Lipinski definition) is 1. The van der Waals surface area contributed by atoms with E-state index in [0.29, 0.717) is 24.1 Å². The van der Waals surface area contributed by atoms with Gasteiger partial charge >= 0.3 is 0 Å². The Hall–Kier alpha value is -1.08. The molecule has 0 unspecified atom stereocenters. The molecule has 1 saturated heterocycles. The molecule has 7 heteroatoms. The van der Waals surface area contributed by atoms with Gasteiger partial charge in [-0.05, 0) is 25.9 Å². The monoisotopic (exact) mass is 261 g/mol. The number of piperidine rings is 1. The molecule has 0 atom stereocenters. The Morgan fingerprint density at radius 2 is 2.17 bits per heavy atom. The van der Waals surface area contributed by atoms with E-state index in [2.05, 4.69) is 15.5 Å². The van der Waals surface area contributed by atoms with Crippen LogP contribution >= 0.6 is 0 Å². The third-order valence-electron chi connectivity index (χ3n) is 2.89. The van der Waals surface area contributed by atoms with Crippen molar-refractivity contribution in [2.75, 3.05) is 26.3 Å². The van der Waals surface area contributed by atoms with Gasteiger partial charge in [-0.2, -0.15) is 4.98 Å². The fraction of sp³-hybridized carbons (Fsp3) is 0.818. The molecule has 18 heavy (non-hydrogen) atoms. The molecule has 0 bridgehead atoms. The lowest BCUT2D eigenvalue weighted by molar-refractivity contribution is 0.0182. The smallest absolute Gasteiger partial charge is 0.261 e. The first-order chi connectivity index (χ1) is 8.75. The second kappa shape index (κ2) is 6.75. The lowest BCUT2D eigenvalue weighted by Crippen LogP contribution is -2.26. The SMILES string of the molecule is FC(F)COCCc1noc(C2CCNCC2)n1. The number of ether oxygens (including phenoxy) is 1. The summed E-state index contributed by atoms with van der Waals surface area (Å²) in [5.41, 5.74) is 0. The van der Waals surface area contributed by atoms with Gasteiger partial charge in [0.25, 0.3) is 6.43 Å². The number of rotatable bonds is 6. The fourth-order valence-electron chi connectivity index (χ4n) is 1.94. The standard InChI is InChI=1S/C11H17F2N3O2/c12-9(13)7-17-6-3-10-15-11(18-16-10)8-1-4-14-5-2-8/h8-9,14H,1-7H2. The molecule has 1 aromatic heterocycles. The zero-order valence-electron chi connectivity index (χ0n) is 10.1. The second-order valence-corrected chi connectivity index (χ2v) is 4.29. The number of nitrogens with zero attached hydrogens (tertiary/aromatic N) is 2. The van der Waals surface area contributed by atoms with Crippen molar-refractivity contribution in [1.29, 1.82) is 0 Å². The van der Waals surface area contributed by atoms with Gasteiger partial charge in [0.1, 0.15) is 6.61 Å². The molecular weight excluding hydrogens is 244 g/mol. The molecule has 0 aromatic carbocycles. The summed E-state index contributed by atoms with van der Waals surface area (Å²) >= 11 is 0. The van der Waals surface area contributed by atoms with Gasteiger partial charge in [0, 0.05) is 12.3 Å². The maximum Gasteiger partial charge on any atom is 0.261 e. The summed E-state index contributed by atoms with van der Waals surface area (Å²) in [4.78, 5) is 4.28. The van der Waals surface area contributed by atoms with Gasteiger partial charge in [-0.1, -0.05) is 5.16 Å². The van der Waals surface area contributed by atoms with Gasteiger partial charge in [0.15, 0.2) is 5.82 Å². The van der Waals surface area contributed by atoms with Crippen LogP contribution in [0.15, 0.2) is 4.52 Å². The maximum absolute atomic E-state index is 11.8. The zero-order valence-corrected chi connectivity index (χ0v) is 10.1. The first kappa shape index (κ1) is 13.4. The van der Waals surface area contributed by atoms with Crippen LogP contribution in [0.3, 0.4) is 0 Å². The highest BCUT2D eigenvalue weighted by Crippen LogP contribution is 2.23. The Bertz CT molecular complexity index is 354. The predicted octanol–water partition coefficient (Wildman–Crippen LogP) is 1.36. The van der Waals surface area contributed by atoms with E-state index in [0.717, 1.165) is 25.9 Å². The predicted molar refractivity (Wildman–Crippen MR) is 59.7 cm³/mol. The minimum absolute atomic E-state index is 0.190. The quantitative estimate of drug-likeness (QED) is 0.783. The summed E-state index contributed by atoms with van der Waals surface area (Å²) in [5.74, 6) is 1.49. The Labute approximate surface area is 104 Å². The lowest BCUT2D eigenvalue weighted by atomic mass is 9.98. The van der Waals surface area contributed by atoms with E-state index in [9.17, 15) is 8.78 Å². The summed E-state index contributed by atoms with van der Waals surface area (Å²) in [6.45, 7) is 1.56. The largest absolute Gasteiger partial charge is 0.375 e. The van der Waals surface area contributed by atoms with Gasteiger partial charge in [-0.3, -0.25) is 0 Å². The van der Waals surface area contributed by atoms with E-state index in [-0.39, 0.29) is 6.61 Å². The average molecular weight is 261 g/mol. The topological polar surface area (TPSA) is 60.2 Å². The molecule has 1 aliphatic heterocycles. The highest BCUT2D eigenvalue weighted by molar-refractivity contribution is 4.96. The van der Waals surface area contributed by atoms with E-state index in [1.54, 1.807) is 0 Å². The summed E-state index contributed by atoms with van der Waals surface area (Å²) < 4.78 is 33.6. The van der Waals surface area contributed by atoms with Crippen LogP contribution in [0, 0.1) is 0 Å². The highest BCUT2D eigenvalue weighted by Gasteiger charge is 2.21. The maximum atomic E-state index is 11.8. The molecule has 1 aromatic rings. The van der Waals surface area contributed by atoms with Crippen molar-refractivity contribution in [3.8, 4) is 0 Å². The minimum Gasteiger partial charge on any atom is -0.375 e. The van der Waals surface area contributed by atoms with Crippen molar-refractivity contribution in [2.24, 2.45) is 0 Å². The normalized spacial score (nSPS) is 17.5. The molecule has 0 radical (unpaired) electrons. The summed E-state index contributed by atoms with van der Waals surface area (Å²) in [6.07, 6.45) is -0.0469. The van der Waals surface area contributed by atoms with Gasteiger partial charge < -0.3 is 14.6 Å². The first-order valence-corrected chi connectivity index (χ1v) is 6.15. The molecule has 0 aliphatic carbocycles. The molecule has 0 spiro atoms. The molecule has 2 rings (SSSR count). The summed E-state index contributed by atoms with van der Waals surface area (Å²) in [5, 5.41) is 7.10. The Morgan fingerprint density at radius 3 is 2.89 bits per heavy atom. The average Bonchev–Trinajstić information content (AvgIpc) is 2.84. The van der Waals surface area contributed by atoms with E-state index < -0.39 is 13.0 Å². The van der Waals surface area contributed by atoms with Crippen LogP contribution in [0.1, 0.15) is 30.5 Å². The molecule has 1 fully saturated rings. The third-order valence-corrected chi connectivity index (χ3v) is 2.89. The first-order valence-electron chi connectivity index (χ1n) is 6.15. The molecule has 102 valence electrons. The Balaban J connectivity index is 1.75. The van der Waals surface area contributed by atoms with Gasteiger partial charge in [-0.25, -0.2) is 8.78 Å². The van der Waals surface area contributed by atoms with Crippen LogP contribution in [0.25, 0.3) is 0 Å². The third kappa shape index (κ3) is 3.99. The molecule has 1 N–H and O–H groups in total. The number of nitrogens with one attached hydrogen (secondary N) is 1. The van der Waals surface area contributed by atoms with Crippen LogP contribution in [0.2, 0.25) is 0 Å². The van der Waals surface area contributed by atoms with Crippen LogP contribution < -0.4 is 5.32 Å². The van der Waals surface area contributed by atoms with Crippen LogP contribution in [0.4, 0.5) is 8.78 Å². The molecular formula is C11H17F2N3O2. The number of hydrogen-bond acceptors (Lipinski definition) is 5. The van der Waals surface area contributed by atoms with Crippen LogP contribution in [-0.4, -0.2) is 42.9 Å². The molecule has 5 nitrogen and oxygen atoms in total. The number of aromatic nitrogens is 2. The van der Waals surface area contributed by atoms with Crippen molar-refractivity contribution in [1.82, 2.24) is 15.5 Å². The van der Waals surface area contributed by atoms with Crippen molar-refractivity contribution in [3.63, 3.8) is 0 Å². The Kier molecular flexibility index (Phi) is 5.00. The zero-order chi connectivity index (χ0) is 12.8. The molecule has 0 saturated carbocycles. The Morgan fingerprint density at radius 1 is 1.39 bits per heavy atom. The van der Waals surface area contributed by atoms with E-state index in [1.807, 2.05) is 0 Å². The van der Waals surface area contributed by atoms with Gasteiger partial charge in [0.05, 0.1) is 6.61 Å². The molecule has 1 aliphatic rings.